The quantitative estimate of drug-likeness (QED) is 0.842. The van der Waals surface area contributed by atoms with Crippen LogP contribution in [0.15, 0.2) is 0 Å². The Bertz CT molecular complexity index is 254. The number of hydrogen-bond donors (Lipinski definition) is 1. The smallest absolute Gasteiger partial charge is 0.314 e. The molecular weight excluding hydrogens is 245 g/mol. The largest absolute Gasteiger partial charge is 0.522 e. The molecule has 0 saturated carbocycles. The number of nitrogens with one attached hydrogen (secondary N) is 1. The van der Waals surface area contributed by atoms with Crippen LogP contribution >= 0.6 is 0 Å². The number of rotatable bonds is 4. The van der Waals surface area contributed by atoms with Crippen molar-refractivity contribution in [2.75, 3.05) is 32.8 Å². The summed E-state index contributed by atoms with van der Waals surface area (Å²) in [5, 5.41) is 3.49. The van der Waals surface area contributed by atoms with Crippen molar-refractivity contribution >= 4 is 0 Å². The summed E-state index contributed by atoms with van der Waals surface area (Å²) < 4.78 is 39.5. The molecule has 106 valence electrons. The molecular formula is C12H21F3N2O. The van der Waals surface area contributed by atoms with Crippen molar-refractivity contribution in [2.45, 2.75) is 38.1 Å². The van der Waals surface area contributed by atoms with Crippen LogP contribution in [0.25, 0.3) is 0 Å². The second kappa shape index (κ2) is 6.21. The molecule has 1 N–H and O–H groups in total. The van der Waals surface area contributed by atoms with Gasteiger partial charge in [0.1, 0.15) is 0 Å². The molecule has 0 amide bonds. The molecule has 0 aromatic heterocycles. The summed E-state index contributed by atoms with van der Waals surface area (Å²) in [5.41, 5.74) is 0. The topological polar surface area (TPSA) is 24.5 Å². The minimum absolute atomic E-state index is 0.256. The van der Waals surface area contributed by atoms with Crippen LogP contribution in [0.5, 0.6) is 0 Å². The lowest BCUT2D eigenvalue weighted by molar-refractivity contribution is -0.325. The molecule has 2 aliphatic rings. The highest BCUT2D eigenvalue weighted by molar-refractivity contribution is 4.86. The molecule has 0 spiro atoms. The van der Waals surface area contributed by atoms with Crippen LogP contribution < -0.4 is 5.32 Å². The summed E-state index contributed by atoms with van der Waals surface area (Å²) >= 11 is 0. The number of ether oxygens (including phenoxy) is 1. The van der Waals surface area contributed by atoms with Gasteiger partial charge in [0.15, 0.2) is 0 Å². The molecule has 3 nitrogen and oxygen atoms in total. The predicted molar refractivity (Wildman–Crippen MR) is 62.2 cm³/mol. The summed E-state index contributed by atoms with van der Waals surface area (Å²) in [6, 6.07) is 0.566. The number of likely N-dealkylation sites (tertiary alicyclic amines) is 1. The number of piperidine rings is 1. The van der Waals surface area contributed by atoms with Crippen molar-refractivity contribution in [3.8, 4) is 0 Å². The maximum Gasteiger partial charge on any atom is 0.522 e. The van der Waals surface area contributed by atoms with E-state index in [4.69, 9.17) is 0 Å². The van der Waals surface area contributed by atoms with E-state index in [1.165, 1.54) is 19.3 Å². The van der Waals surface area contributed by atoms with Gasteiger partial charge in [0.2, 0.25) is 0 Å². The number of nitrogens with zero attached hydrogens (tertiary/aromatic N) is 1. The average molecular weight is 266 g/mol. The lowest BCUT2D eigenvalue weighted by atomic mass is 9.90. The van der Waals surface area contributed by atoms with Crippen molar-refractivity contribution in [3.05, 3.63) is 0 Å². The van der Waals surface area contributed by atoms with Gasteiger partial charge in [-0.05, 0) is 44.7 Å². The minimum Gasteiger partial charge on any atom is -0.314 e. The molecule has 2 rings (SSSR count). The van der Waals surface area contributed by atoms with E-state index in [1.807, 2.05) is 0 Å². The third kappa shape index (κ3) is 4.40. The number of hydrogen-bond acceptors (Lipinski definition) is 3. The minimum atomic E-state index is -4.50. The van der Waals surface area contributed by atoms with Crippen LogP contribution in [0.4, 0.5) is 13.2 Å². The number of alkyl halides is 3. The fraction of sp³-hybridized carbons (Fsp3) is 1.00. The van der Waals surface area contributed by atoms with Gasteiger partial charge >= 0.3 is 6.36 Å². The third-order valence-corrected chi connectivity index (χ3v) is 3.88. The van der Waals surface area contributed by atoms with Crippen LogP contribution in [0.1, 0.15) is 25.7 Å². The van der Waals surface area contributed by atoms with Crippen LogP contribution in [0.2, 0.25) is 0 Å². The molecule has 2 unspecified atom stereocenters. The molecule has 18 heavy (non-hydrogen) atoms. The molecule has 2 atom stereocenters. The Morgan fingerprint density at radius 2 is 2.06 bits per heavy atom. The Balaban J connectivity index is 1.69. The summed E-state index contributed by atoms with van der Waals surface area (Å²) in [6.07, 6.45) is 0.196. The van der Waals surface area contributed by atoms with Crippen molar-refractivity contribution in [1.29, 1.82) is 0 Å². The maximum absolute atomic E-state index is 11.9. The van der Waals surface area contributed by atoms with Gasteiger partial charge in [-0.15, -0.1) is 13.2 Å². The highest BCUT2D eigenvalue weighted by Gasteiger charge is 2.31. The second-order valence-corrected chi connectivity index (χ2v) is 5.20. The van der Waals surface area contributed by atoms with E-state index < -0.39 is 6.36 Å². The highest BCUT2D eigenvalue weighted by atomic mass is 19.4. The van der Waals surface area contributed by atoms with Crippen LogP contribution in [-0.4, -0.2) is 50.1 Å². The first kappa shape index (κ1) is 14.1. The Labute approximate surface area is 106 Å². The van der Waals surface area contributed by atoms with E-state index in [0.717, 1.165) is 26.1 Å². The second-order valence-electron chi connectivity index (χ2n) is 5.20. The van der Waals surface area contributed by atoms with Crippen LogP contribution in [0, 0.1) is 5.92 Å². The first-order valence-electron chi connectivity index (χ1n) is 6.71. The summed E-state index contributed by atoms with van der Waals surface area (Å²) in [6.45, 7) is 3.00. The third-order valence-electron chi connectivity index (χ3n) is 3.88. The molecule has 0 bridgehead atoms. The fourth-order valence-electron chi connectivity index (χ4n) is 3.03. The van der Waals surface area contributed by atoms with Crippen molar-refractivity contribution in [3.63, 3.8) is 0 Å². The van der Waals surface area contributed by atoms with E-state index in [0.29, 0.717) is 18.5 Å². The van der Waals surface area contributed by atoms with Crippen LogP contribution in [-0.2, 0) is 4.74 Å². The summed E-state index contributed by atoms with van der Waals surface area (Å²) in [4.78, 5) is 2.10. The molecule has 2 fully saturated rings. The van der Waals surface area contributed by atoms with Gasteiger partial charge in [0, 0.05) is 19.1 Å². The monoisotopic (exact) mass is 266 g/mol. The Hall–Kier alpha value is -0.330. The molecule has 0 aliphatic carbocycles. The SMILES string of the molecule is FC(F)(F)OCCN1CCCC(C2CCCN2)C1. The zero-order chi connectivity index (χ0) is 13.0. The molecule has 0 aromatic carbocycles. The van der Waals surface area contributed by atoms with Gasteiger partial charge in [0.05, 0.1) is 6.61 Å². The molecule has 0 aromatic rings. The van der Waals surface area contributed by atoms with E-state index in [-0.39, 0.29) is 6.61 Å². The molecule has 2 saturated heterocycles. The standard InChI is InChI=1S/C12H21F3N2O/c13-12(14,15)18-8-7-17-6-2-3-10(9-17)11-4-1-5-16-11/h10-11,16H,1-9H2. The Kier molecular flexibility index (Phi) is 4.86. The lowest BCUT2D eigenvalue weighted by Gasteiger charge is -2.35. The van der Waals surface area contributed by atoms with Gasteiger partial charge in [-0.2, -0.15) is 0 Å². The van der Waals surface area contributed by atoms with E-state index in [1.54, 1.807) is 0 Å². The summed E-state index contributed by atoms with van der Waals surface area (Å²) in [7, 11) is 0. The number of halogens is 3. The Morgan fingerprint density at radius 3 is 2.72 bits per heavy atom. The van der Waals surface area contributed by atoms with Gasteiger partial charge in [-0.3, -0.25) is 4.74 Å². The van der Waals surface area contributed by atoms with Crippen LogP contribution in [0.3, 0.4) is 0 Å². The van der Waals surface area contributed by atoms with Crippen molar-refractivity contribution in [1.82, 2.24) is 10.2 Å². The Morgan fingerprint density at radius 1 is 1.22 bits per heavy atom. The van der Waals surface area contributed by atoms with Gasteiger partial charge in [0.25, 0.3) is 0 Å². The average Bonchev–Trinajstić information content (AvgIpc) is 2.81. The van der Waals surface area contributed by atoms with Gasteiger partial charge < -0.3 is 10.2 Å². The lowest BCUT2D eigenvalue weighted by Crippen LogP contribution is -2.44. The van der Waals surface area contributed by atoms with E-state index in [2.05, 4.69) is 15.0 Å². The molecule has 6 heteroatoms. The first-order chi connectivity index (χ1) is 8.54. The van der Waals surface area contributed by atoms with Gasteiger partial charge in [-0.25, -0.2) is 0 Å². The zero-order valence-electron chi connectivity index (χ0n) is 10.5. The normalized spacial score (nSPS) is 30.8. The molecule has 2 heterocycles. The maximum atomic E-state index is 11.9. The molecule has 2 aliphatic heterocycles. The fourth-order valence-corrected chi connectivity index (χ4v) is 3.03. The van der Waals surface area contributed by atoms with Crippen molar-refractivity contribution in [2.24, 2.45) is 5.92 Å². The first-order valence-corrected chi connectivity index (χ1v) is 6.71. The van der Waals surface area contributed by atoms with E-state index in [9.17, 15) is 13.2 Å². The predicted octanol–water partition coefficient (Wildman–Crippen LogP) is 1.99. The van der Waals surface area contributed by atoms with E-state index >= 15 is 0 Å². The summed E-state index contributed by atoms with van der Waals surface area (Å²) in [5.74, 6) is 0.590. The van der Waals surface area contributed by atoms with Gasteiger partial charge in [-0.1, -0.05) is 0 Å². The molecule has 0 radical (unpaired) electrons. The zero-order valence-corrected chi connectivity index (χ0v) is 10.5. The van der Waals surface area contributed by atoms with Crippen molar-refractivity contribution < 1.29 is 17.9 Å². The highest BCUT2D eigenvalue weighted by Crippen LogP contribution is 2.24.